The minimum absolute atomic E-state index is 0.0643. The Labute approximate surface area is 193 Å². The number of rotatable bonds is 8. The third-order valence-electron chi connectivity index (χ3n) is 5.19. The van der Waals surface area contributed by atoms with Gasteiger partial charge in [-0.05, 0) is 17.2 Å². The summed E-state index contributed by atoms with van der Waals surface area (Å²) in [6.07, 6.45) is 3.16. The first-order chi connectivity index (χ1) is 16.4. The number of carbonyl (C=O) groups excluding carboxylic acids is 1. The number of nitrogens with one attached hydrogen (secondary N) is 1. The van der Waals surface area contributed by atoms with Crippen LogP contribution < -0.4 is 4.74 Å². The van der Waals surface area contributed by atoms with Crippen LogP contribution >= 0.6 is 0 Å². The van der Waals surface area contributed by atoms with Crippen molar-refractivity contribution in [2.45, 2.75) is 12.8 Å². The number of Topliss-reactive ketones (excluding diaryl/α,β-unsaturated/α-hetero) is 1. The molecule has 8 nitrogen and oxygen atoms in total. The van der Waals surface area contributed by atoms with Crippen molar-refractivity contribution >= 4 is 11.5 Å². The molecule has 0 unspecified atom stereocenters. The van der Waals surface area contributed by atoms with Crippen molar-refractivity contribution in [3.63, 3.8) is 0 Å². The monoisotopic (exact) mass is 462 g/mol. The smallest absolute Gasteiger partial charge is 0.316 e. The second-order valence-electron chi connectivity index (χ2n) is 7.47. The molecule has 0 atom stereocenters. The molecule has 0 fully saturated rings. The van der Waals surface area contributed by atoms with Crippen LogP contribution in [0.3, 0.4) is 0 Å². The Balaban J connectivity index is 1.61. The van der Waals surface area contributed by atoms with Gasteiger partial charge in [-0.3, -0.25) is 14.5 Å². The lowest BCUT2D eigenvalue weighted by Gasteiger charge is -2.09. The standard InChI is InChI=1S/C24H20F2N6O2/c1-32-23(17(11-30-32)22-19(26)13-29-24(31-22)34-2)21(33)9-15-8-16(28-12-18(15)25)10-20(27)14-6-4-3-5-7-14/h3-8,11-13,27H,9-10H2,1-2H3. The van der Waals surface area contributed by atoms with E-state index in [1.807, 2.05) is 30.3 Å². The average molecular weight is 462 g/mol. The van der Waals surface area contributed by atoms with Gasteiger partial charge < -0.3 is 10.1 Å². The Bertz CT molecular complexity index is 1370. The van der Waals surface area contributed by atoms with Gasteiger partial charge in [-0.1, -0.05) is 30.3 Å². The molecule has 1 N–H and O–H groups in total. The second-order valence-corrected chi connectivity index (χ2v) is 7.47. The van der Waals surface area contributed by atoms with Crippen LogP contribution in [0.25, 0.3) is 11.3 Å². The molecule has 4 rings (SSSR count). The third kappa shape index (κ3) is 4.70. The van der Waals surface area contributed by atoms with Crippen molar-refractivity contribution in [2.75, 3.05) is 7.11 Å². The SMILES string of the molecule is COc1ncc(F)c(-c2cnn(C)c2C(=O)Cc2cc(CC(=N)c3ccccc3)ncc2F)n1. The average Bonchev–Trinajstić information content (AvgIpc) is 3.23. The molecule has 0 radical (unpaired) electrons. The number of hydrogen-bond acceptors (Lipinski definition) is 7. The van der Waals surface area contributed by atoms with Gasteiger partial charge in [0, 0.05) is 31.3 Å². The van der Waals surface area contributed by atoms with Crippen LogP contribution in [0.1, 0.15) is 27.3 Å². The quantitative estimate of drug-likeness (QED) is 0.317. The summed E-state index contributed by atoms with van der Waals surface area (Å²) in [5.74, 6) is -1.89. The minimum atomic E-state index is -0.750. The molecule has 172 valence electrons. The molecule has 0 spiro atoms. The highest BCUT2D eigenvalue weighted by atomic mass is 19.1. The van der Waals surface area contributed by atoms with E-state index in [4.69, 9.17) is 10.1 Å². The van der Waals surface area contributed by atoms with E-state index in [1.165, 1.54) is 31.1 Å². The van der Waals surface area contributed by atoms with E-state index in [-0.39, 0.29) is 41.4 Å². The zero-order chi connectivity index (χ0) is 24.2. The van der Waals surface area contributed by atoms with Gasteiger partial charge in [-0.2, -0.15) is 10.1 Å². The number of ether oxygens (including phenoxy) is 1. The number of hydrogen-bond donors (Lipinski definition) is 1. The fourth-order valence-corrected chi connectivity index (χ4v) is 3.52. The fourth-order valence-electron chi connectivity index (χ4n) is 3.52. The molecule has 4 aromatic rings. The van der Waals surface area contributed by atoms with Crippen molar-refractivity contribution in [3.8, 4) is 17.3 Å². The minimum Gasteiger partial charge on any atom is -0.467 e. The van der Waals surface area contributed by atoms with Crippen LogP contribution in [0.15, 0.2) is 55.0 Å². The molecule has 3 aromatic heterocycles. The molecule has 0 saturated heterocycles. The number of pyridine rings is 1. The maximum absolute atomic E-state index is 14.5. The molecule has 1 aromatic carbocycles. The molecule has 0 amide bonds. The van der Waals surface area contributed by atoms with E-state index in [1.54, 1.807) is 0 Å². The Hall–Kier alpha value is -4.34. The number of halogens is 2. The Morgan fingerprint density at radius 1 is 1.06 bits per heavy atom. The van der Waals surface area contributed by atoms with Crippen LogP contribution in [0.4, 0.5) is 8.78 Å². The summed E-state index contributed by atoms with van der Waals surface area (Å²) in [7, 11) is 2.87. The number of ketones is 1. The van der Waals surface area contributed by atoms with E-state index in [2.05, 4.69) is 20.1 Å². The predicted molar refractivity (Wildman–Crippen MR) is 120 cm³/mol. The van der Waals surface area contributed by atoms with Gasteiger partial charge in [0.05, 0.1) is 31.3 Å². The first-order valence-electron chi connectivity index (χ1n) is 10.3. The third-order valence-corrected chi connectivity index (χ3v) is 5.19. The van der Waals surface area contributed by atoms with Crippen molar-refractivity contribution in [2.24, 2.45) is 7.05 Å². The van der Waals surface area contributed by atoms with Crippen LogP contribution in [0.5, 0.6) is 6.01 Å². The Morgan fingerprint density at radius 3 is 2.53 bits per heavy atom. The normalized spacial score (nSPS) is 10.8. The Morgan fingerprint density at radius 2 is 1.79 bits per heavy atom. The summed E-state index contributed by atoms with van der Waals surface area (Å²) < 4.78 is 35.2. The van der Waals surface area contributed by atoms with E-state index in [9.17, 15) is 13.6 Å². The summed E-state index contributed by atoms with van der Waals surface area (Å²) in [6.45, 7) is 0. The first kappa shape index (κ1) is 22.8. The first-order valence-corrected chi connectivity index (χ1v) is 10.3. The van der Waals surface area contributed by atoms with Gasteiger partial charge in [0.15, 0.2) is 11.6 Å². The highest BCUT2D eigenvalue weighted by molar-refractivity contribution is 6.02. The molecule has 0 aliphatic heterocycles. The summed E-state index contributed by atoms with van der Waals surface area (Å²) in [5, 5.41) is 12.3. The number of carbonyl (C=O) groups is 1. The fraction of sp³-hybridized carbons (Fsp3) is 0.167. The van der Waals surface area contributed by atoms with Gasteiger partial charge in [-0.15, -0.1) is 0 Å². The predicted octanol–water partition coefficient (Wildman–Crippen LogP) is 3.59. The summed E-state index contributed by atoms with van der Waals surface area (Å²) in [4.78, 5) is 24.9. The van der Waals surface area contributed by atoms with Crippen molar-refractivity contribution in [1.82, 2.24) is 24.7 Å². The zero-order valence-electron chi connectivity index (χ0n) is 18.4. The van der Waals surface area contributed by atoms with E-state index in [0.717, 1.165) is 18.0 Å². The van der Waals surface area contributed by atoms with Gasteiger partial charge in [-0.25, -0.2) is 13.8 Å². The molecular weight excluding hydrogens is 442 g/mol. The summed E-state index contributed by atoms with van der Waals surface area (Å²) >= 11 is 0. The second kappa shape index (κ2) is 9.65. The van der Waals surface area contributed by atoms with E-state index >= 15 is 0 Å². The zero-order valence-corrected chi connectivity index (χ0v) is 18.4. The van der Waals surface area contributed by atoms with Crippen molar-refractivity contribution in [1.29, 1.82) is 5.41 Å². The number of aromatic nitrogens is 5. The molecule has 0 saturated carbocycles. The van der Waals surface area contributed by atoms with Gasteiger partial charge >= 0.3 is 6.01 Å². The maximum Gasteiger partial charge on any atom is 0.316 e. The van der Waals surface area contributed by atoms with Crippen LogP contribution in [0.2, 0.25) is 0 Å². The van der Waals surface area contributed by atoms with Gasteiger partial charge in [0.2, 0.25) is 0 Å². The van der Waals surface area contributed by atoms with Gasteiger partial charge in [0.1, 0.15) is 17.2 Å². The molecule has 0 bridgehead atoms. The van der Waals surface area contributed by atoms with E-state index in [0.29, 0.717) is 11.4 Å². The lowest BCUT2D eigenvalue weighted by molar-refractivity contribution is 0.0983. The van der Waals surface area contributed by atoms with Gasteiger partial charge in [0.25, 0.3) is 0 Å². The largest absolute Gasteiger partial charge is 0.467 e. The molecule has 0 aliphatic rings. The highest BCUT2D eigenvalue weighted by Crippen LogP contribution is 2.26. The van der Waals surface area contributed by atoms with Crippen LogP contribution in [-0.4, -0.2) is 43.3 Å². The number of benzene rings is 1. The topological polar surface area (TPSA) is 107 Å². The maximum atomic E-state index is 14.5. The summed E-state index contributed by atoms with van der Waals surface area (Å²) in [6, 6.07) is 10.5. The molecular formula is C24H20F2N6O2. The van der Waals surface area contributed by atoms with Crippen molar-refractivity contribution in [3.05, 3.63) is 89.1 Å². The lowest BCUT2D eigenvalue weighted by atomic mass is 10.0. The summed E-state index contributed by atoms with van der Waals surface area (Å²) in [5.41, 5.74) is 1.68. The lowest BCUT2D eigenvalue weighted by Crippen LogP contribution is -2.13. The van der Waals surface area contributed by atoms with Crippen LogP contribution in [0, 0.1) is 17.0 Å². The molecule has 0 aliphatic carbocycles. The highest BCUT2D eigenvalue weighted by Gasteiger charge is 2.24. The molecule has 3 heterocycles. The van der Waals surface area contributed by atoms with E-state index < -0.39 is 17.4 Å². The number of aryl methyl sites for hydroxylation is 1. The van der Waals surface area contributed by atoms with Crippen molar-refractivity contribution < 1.29 is 18.3 Å². The molecule has 34 heavy (non-hydrogen) atoms. The number of methoxy groups -OCH3 is 1. The Kier molecular flexibility index (Phi) is 6.48. The van der Waals surface area contributed by atoms with Crippen LogP contribution in [-0.2, 0) is 19.9 Å². The molecule has 10 heteroatoms. The number of nitrogens with zero attached hydrogens (tertiary/aromatic N) is 5.